The molecule has 1 saturated carbocycles. The molecule has 3 fully saturated rings. The first-order chi connectivity index (χ1) is 22.2. The summed E-state index contributed by atoms with van der Waals surface area (Å²) in [7, 11) is 1.54. The Morgan fingerprint density at radius 3 is 2.11 bits per heavy atom. The van der Waals surface area contributed by atoms with Gasteiger partial charge in [0.05, 0.1) is 12.6 Å². The van der Waals surface area contributed by atoms with E-state index in [0.29, 0.717) is 41.3 Å². The van der Waals surface area contributed by atoms with Gasteiger partial charge >= 0.3 is 12.1 Å². The molecule has 1 aliphatic carbocycles. The number of ether oxygens (including phenoxy) is 1. The Kier molecular flexibility index (Phi) is 10.1. The number of aliphatic hydroxyl groups excluding tert-OH is 1. The number of piperazine rings is 1. The highest BCUT2D eigenvalue weighted by Crippen LogP contribution is 2.42. The second-order valence-electron chi connectivity index (χ2n) is 12.6. The monoisotopic (exact) mass is 666 g/mol. The lowest BCUT2D eigenvalue weighted by molar-refractivity contribution is -0.289. The van der Waals surface area contributed by atoms with Gasteiger partial charge in [0, 0.05) is 32.2 Å². The van der Waals surface area contributed by atoms with Crippen molar-refractivity contribution in [3.8, 4) is 11.5 Å². The highest BCUT2D eigenvalue weighted by Gasteiger charge is 2.64. The van der Waals surface area contributed by atoms with Gasteiger partial charge in [0.15, 0.2) is 0 Å². The molecule has 1 spiro atoms. The van der Waals surface area contributed by atoms with Crippen molar-refractivity contribution < 1.29 is 46.2 Å². The van der Waals surface area contributed by atoms with E-state index in [0.717, 1.165) is 24.8 Å². The topological polar surface area (TPSA) is 111 Å². The molecule has 9 nitrogen and oxygen atoms in total. The lowest BCUT2D eigenvalue weighted by Crippen LogP contribution is -2.76. The normalized spacial score (nSPS) is 21.8. The van der Waals surface area contributed by atoms with Gasteiger partial charge in [-0.05, 0) is 73.6 Å². The number of likely N-dealkylation sites (tertiary alicyclic amines) is 1. The van der Waals surface area contributed by atoms with Gasteiger partial charge in [0.2, 0.25) is 11.8 Å². The average Bonchev–Trinajstić information content (AvgIpc) is 3.06. The number of halogens is 5. The minimum Gasteiger partial charge on any atom is -0.457 e. The number of piperidine rings is 1. The third-order valence-electron chi connectivity index (χ3n) is 9.60. The van der Waals surface area contributed by atoms with E-state index in [2.05, 4.69) is 10.6 Å². The summed E-state index contributed by atoms with van der Waals surface area (Å²) in [6.07, 6.45) is -3.97. The van der Waals surface area contributed by atoms with E-state index in [9.17, 15) is 41.4 Å². The number of hydrogen-bond acceptors (Lipinski definition) is 6. The lowest BCUT2D eigenvalue weighted by atomic mass is 9.77. The van der Waals surface area contributed by atoms with Gasteiger partial charge in [-0.1, -0.05) is 31.4 Å². The molecule has 2 aromatic rings. The molecule has 0 unspecified atom stereocenters. The number of hydrogen-bond donors (Lipinski definition) is 3. The third kappa shape index (κ3) is 7.38. The van der Waals surface area contributed by atoms with Crippen LogP contribution in [0.2, 0.25) is 0 Å². The molecule has 0 radical (unpaired) electrons. The predicted molar refractivity (Wildman–Crippen MR) is 161 cm³/mol. The number of alkyl halides is 5. The van der Waals surface area contributed by atoms with Crippen LogP contribution < -0.4 is 15.4 Å². The Bertz CT molecular complexity index is 1420. The first-order valence-electron chi connectivity index (χ1n) is 15.8. The van der Waals surface area contributed by atoms with Crippen molar-refractivity contribution in [2.75, 3.05) is 26.7 Å². The smallest absolute Gasteiger partial charge is 0.455 e. The van der Waals surface area contributed by atoms with Crippen LogP contribution >= 0.6 is 0 Å². The second kappa shape index (κ2) is 13.8. The van der Waals surface area contributed by atoms with Crippen LogP contribution in [-0.2, 0) is 16.1 Å². The summed E-state index contributed by atoms with van der Waals surface area (Å²) in [4.78, 5) is 41.3. The van der Waals surface area contributed by atoms with Gasteiger partial charge in [-0.15, -0.1) is 0 Å². The van der Waals surface area contributed by atoms with Crippen molar-refractivity contribution in [3.63, 3.8) is 0 Å². The van der Waals surface area contributed by atoms with Gasteiger partial charge in [0.25, 0.3) is 5.91 Å². The molecule has 3 amide bonds. The van der Waals surface area contributed by atoms with E-state index in [1.54, 1.807) is 36.4 Å². The summed E-state index contributed by atoms with van der Waals surface area (Å²) in [5.41, 5.74) is -0.554. The van der Waals surface area contributed by atoms with Crippen LogP contribution in [0.25, 0.3) is 0 Å². The summed E-state index contributed by atoms with van der Waals surface area (Å²) < 4.78 is 74.9. The number of benzene rings is 2. The van der Waals surface area contributed by atoms with E-state index in [-0.39, 0.29) is 37.8 Å². The molecular formula is C33H39F5N4O5. The molecule has 2 heterocycles. The van der Waals surface area contributed by atoms with Crippen molar-refractivity contribution in [1.29, 1.82) is 0 Å². The largest absolute Gasteiger partial charge is 0.457 e. The van der Waals surface area contributed by atoms with E-state index in [1.165, 1.54) is 7.05 Å². The van der Waals surface area contributed by atoms with Crippen molar-refractivity contribution in [3.05, 3.63) is 59.7 Å². The summed E-state index contributed by atoms with van der Waals surface area (Å²) in [5, 5.41) is 16.1. The minimum atomic E-state index is -5.93. The Morgan fingerprint density at radius 1 is 0.979 bits per heavy atom. The van der Waals surface area contributed by atoms with Gasteiger partial charge < -0.3 is 25.4 Å². The fourth-order valence-electron chi connectivity index (χ4n) is 6.79. The molecule has 2 aromatic carbocycles. The second-order valence-corrected chi connectivity index (χ2v) is 12.6. The number of aliphatic hydroxyl groups is 1. The number of rotatable bonds is 9. The summed E-state index contributed by atoms with van der Waals surface area (Å²) >= 11 is 0. The van der Waals surface area contributed by atoms with Crippen molar-refractivity contribution in [2.24, 2.45) is 5.92 Å². The number of carbonyl (C=O) groups is 3. The zero-order chi connectivity index (χ0) is 34.0. The highest BCUT2D eigenvalue weighted by molar-refractivity contribution is 6.00. The quantitative estimate of drug-likeness (QED) is 0.337. The van der Waals surface area contributed by atoms with Gasteiger partial charge in [-0.3, -0.25) is 19.3 Å². The maximum absolute atomic E-state index is 14.5. The maximum Gasteiger partial charge on any atom is 0.455 e. The molecule has 256 valence electrons. The van der Waals surface area contributed by atoms with Crippen molar-refractivity contribution in [2.45, 2.75) is 81.3 Å². The molecule has 0 aromatic heterocycles. The van der Waals surface area contributed by atoms with Crippen LogP contribution in [0.3, 0.4) is 0 Å². The fourth-order valence-corrected chi connectivity index (χ4v) is 6.79. The first kappa shape index (κ1) is 34.6. The molecule has 2 saturated heterocycles. The summed E-state index contributed by atoms with van der Waals surface area (Å²) in [6, 6.07) is 12.2. The standard InChI is InChI=1S/C33H39F5N4O5/c1-39-28(44)23-9-13-25(14-10-23)47-24-11-7-21(8-12-24)19-41-17-15-31(16-18-41)30(46)40-26(27(43)22-5-3-2-4-6-22)29(45)42(31)20-32(34,35)33(36,37)38/h7-14,22,26-27,43H,2-6,15-20H2,1H3,(H,39,44)(H,40,46)/t26-,27-/m1/s1. The molecule has 14 heteroatoms. The minimum absolute atomic E-state index is 0.153. The van der Waals surface area contributed by atoms with E-state index in [1.807, 2.05) is 17.0 Å². The Hall–Kier alpha value is -3.78. The predicted octanol–water partition coefficient (Wildman–Crippen LogP) is 4.64. The van der Waals surface area contributed by atoms with Crippen molar-refractivity contribution in [1.82, 2.24) is 20.4 Å². The van der Waals surface area contributed by atoms with Crippen LogP contribution in [0.5, 0.6) is 11.5 Å². The molecule has 2 aliphatic heterocycles. The van der Waals surface area contributed by atoms with Crippen LogP contribution in [0.4, 0.5) is 22.0 Å². The van der Waals surface area contributed by atoms with Crippen LogP contribution in [0.15, 0.2) is 48.5 Å². The number of amides is 3. The van der Waals surface area contributed by atoms with E-state index in [4.69, 9.17) is 4.74 Å². The molecule has 2 atom stereocenters. The molecule has 3 aliphatic rings. The van der Waals surface area contributed by atoms with E-state index < -0.39 is 48.1 Å². The fraction of sp³-hybridized carbons (Fsp3) is 0.545. The van der Waals surface area contributed by atoms with E-state index >= 15 is 0 Å². The Labute approximate surface area is 269 Å². The number of nitrogens with one attached hydrogen (secondary N) is 2. The third-order valence-corrected chi connectivity index (χ3v) is 9.60. The zero-order valence-electron chi connectivity index (χ0n) is 26.0. The Morgan fingerprint density at radius 2 is 1.55 bits per heavy atom. The lowest BCUT2D eigenvalue weighted by Gasteiger charge is -2.53. The zero-order valence-corrected chi connectivity index (χ0v) is 26.0. The first-order valence-corrected chi connectivity index (χ1v) is 15.8. The Balaban J connectivity index is 1.26. The summed E-state index contributed by atoms with van der Waals surface area (Å²) in [6.45, 7) is -1.29. The maximum atomic E-state index is 14.5. The molecule has 0 bridgehead atoms. The average molecular weight is 667 g/mol. The van der Waals surface area contributed by atoms with Gasteiger partial charge in [-0.2, -0.15) is 22.0 Å². The molecule has 5 rings (SSSR count). The van der Waals surface area contributed by atoms with Gasteiger partial charge in [0.1, 0.15) is 23.1 Å². The SMILES string of the molecule is CNC(=O)c1ccc(Oc2ccc(CN3CCC4(CC3)C(=O)N[C@H]([C@H](O)C3CCCCC3)C(=O)N4CC(F)(F)C(F)(F)F)cc2)cc1. The van der Waals surface area contributed by atoms with Crippen molar-refractivity contribution >= 4 is 17.7 Å². The van der Waals surface area contributed by atoms with Crippen LogP contribution in [0.1, 0.15) is 60.9 Å². The van der Waals surface area contributed by atoms with Crippen LogP contribution in [-0.4, -0.2) is 89.1 Å². The molecule has 47 heavy (non-hydrogen) atoms. The molecule has 3 N–H and O–H groups in total. The van der Waals surface area contributed by atoms with Gasteiger partial charge in [-0.25, -0.2) is 0 Å². The number of nitrogens with zero attached hydrogens (tertiary/aromatic N) is 2. The molecular weight excluding hydrogens is 627 g/mol. The highest BCUT2D eigenvalue weighted by atomic mass is 19.4. The summed E-state index contributed by atoms with van der Waals surface area (Å²) in [5.74, 6) is -6.70. The van der Waals surface area contributed by atoms with Crippen LogP contribution in [0, 0.1) is 5.92 Å². The number of carbonyl (C=O) groups excluding carboxylic acids is 3.